The van der Waals surface area contributed by atoms with E-state index in [-0.39, 0.29) is 24.4 Å². The van der Waals surface area contributed by atoms with Crippen molar-refractivity contribution in [1.29, 1.82) is 0 Å². The summed E-state index contributed by atoms with van der Waals surface area (Å²) < 4.78 is 24.4. The van der Waals surface area contributed by atoms with Crippen molar-refractivity contribution in [2.45, 2.75) is 25.5 Å². The summed E-state index contributed by atoms with van der Waals surface area (Å²) in [6.45, 7) is 2.72. The summed E-state index contributed by atoms with van der Waals surface area (Å²) in [5.41, 5.74) is 0.603. The van der Waals surface area contributed by atoms with Crippen LogP contribution in [0.3, 0.4) is 0 Å². The second-order valence-electron chi connectivity index (χ2n) is 4.86. The number of piperidine rings is 1. The Labute approximate surface area is 118 Å². The maximum Gasteiger partial charge on any atom is 0.250 e. The number of aromatic nitrogens is 1. The number of hydrogen-bond donors (Lipinski definition) is 1. The van der Waals surface area contributed by atoms with Gasteiger partial charge in [0.05, 0.1) is 26.4 Å². The molecule has 20 heavy (non-hydrogen) atoms. The van der Waals surface area contributed by atoms with Crippen LogP contribution in [0.2, 0.25) is 0 Å². The van der Waals surface area contributed by atoms with Crippen LogP contribution in [0.5, 0.6) is 5.88 Å². The van der Waals surface area contributed by atoms with E-state index < -0.39 is 0 Å². The van der Waals surface area contributed by atoms with Crippen molar-refractivity contribution in [1.82, 2.24) is 9.88 Å². The number of hydrogen-bond acceptors (Lipinski definition) is 5. The molecule has 0 amide bonds. The van der Waals surface area contributed by atoms with Crippen molar-refractivity contribution >= 4 is 0 Å². The minimum atomic E-state index is -0.381. The highest BCUT2D eigenvalue weighted by Gasteiger charge is 2.21. The van der Waals surface area contributed by atoms with Gasteiger partial charge in [0.15, 0.2) is 5.82 Å². The van der Waals surface area contributed by atoms with Crippen LogP contribution in [-0.2, 0) is 11.3 Å². The topological polar surface area (TPSA) is 54.8 Å². The zero-order valence-corrected chi connectivity index (χ0v) is 11.7. The van der Waals surface area contributed by atoms with Crippen LogP contribution in [0.4, 0.5) is 4.39 Å². The first-order valence-electron chi connectivity index (χ1n) is 6.86. The van der Waals surface area contributed by atoms with E-state index in [0.29, 0.717) is 18.7 Å². The molecule has 0 radical (unpaired) electrons. The quantitative estimate of drug-likeness (QED) is 0.851. The van der Waals surface area contributed by atoms with Gasteiger partial charge in [-0.05, 0) is 18.9 Å². The molecule has 0 aliphatic carbocycles. The van der Waals surface area contributed by atoms with Crippen molar-refractivity contribution in [2.24, 2.45) is 0 Å². The molecule has 2 rings (SSSR count). The lowest BCUT2D eigenvalue weighted by atomic mass is 10.1. The van der Waals surface area contributed by atoms with Gasteiger partial charge in [-0.3, -0.25) is 4.90 Å². The molecule has 1 aromatic rings. The maximum atomic E-state index is 14.0. The summed E-state index contributed by atoms with van der Waals surface area (Å²) in [5, 5.41) is 8.73. The molecule has 1 aliphatic rings. The Kier molecular flexibility index (Phi) is 5.70. The highest BCUT2D eigenvalue weighted by molar-refractivity contribution is 5.23. The van der Waals surface area contributed by atoms with Gasteiger partial charge < -0.3 is 14.6 Å². The third-order valence-electron chi connectivity index (χ3n) is 3.50. The van der Waals surface area contributed by atoms with Gasteiger partial charge >= 0.3 is 0 Å². The van der Waals surface area contributed by atoms with Crippen molar-refractivity contribution < 1.29 is 19.0 Å². The fourth-order valence-electron chi connectivity index (χ4n) is 2.42. The van der Waals surface area contributed by atoms with E-state index >= 15 is 0 Å². The molecule has 0 atom stereocenters. The molecule has 1 fully saturated rings. The fraction of sp³-hybridized carbons (Fsp3) is 0.643. The molecule has 1 N–H and O–H groups in total. The van der Waals surface area contributed by atoms with Gasteiger partial charge in [-0.2, -0.15) is 0 Å². The van der Waals surface area contributed by atoms with Gasteiger partial charge in [0.25, 0.3) is 0 Å². The number of methoxy groups -OCH3 is 1. The van der Waals surface area contributed by atoms with Crippen molar-refractivity contribution in [2.75, 3.05) is 33.4 Å². The second-order valence-corrected chi connectivity index (χ2v) is 4.86. The molecule has 1 aliphatic heterocycles. The number of pyridine rings is 1. The fourth-order valence-corrected chi connectivity index (χ4v) is 2.42. The molecule has 0 aromatic carbocycles. The van der Waals surface area contributed by atoms with Crippen LogP contribution in [0.15, 0.2) is 12.3 Å². The minimum absolute atomic E-state index is 0.0451. The molecule has 2 heterocycles. The van der Waals surface area contributed by atoms with Crippen LogP contribution in [0, 0.1) is 5.82 Å². The lowest BCUT2D eigenvalue weighted by Crippen LogP contribution is -2.37. The number of rotatable bonds is 6. The number of halogens is 1. The zero-order valence-electron chi connectivity index (χ0n) is 11.7. The van der Waals surface area contributed by atoms with Gasteiger partial charge in [-0.1, -0.05) is 0 Å². The molecular weight excluding hydrogens is 263 g/mol. The Morgan fingerprint density at radius 1 is 1.45 bits per heavy atom. The first-order chi connectivity index (χ1) is 9.74. The summed E-state index contributed by atoms with van der Waals surface area (Å²) in [5.74, 6) is -0.336. The van der Waals surface area contributed by atoms with Crippen LogP contribution >= 0.6 is 0 Å². The standard InChI is InChI=1S/C14H21FN2O3/c1-19-14-13(15)11(2-5-16-14)10-17-6-3-12(4-7-17)20-9-8-18/h2,5,12,18H,3-4,6-10H2,1H3. The smallest absolute Gasteiger partial charge is 0.250 e. The van der Waals surface area contributed by atoms with E-state index in [1.54, 1.807) is 12.3 Å². The summed E-state index contributed by atoms with van der Waals surface area (Å²) >= 11 is 0. The molecule has 0 saturated carbocycles. The van der Waals surface area contributed by atoms with E-state index in [1.807, 2.05) is 0 Å². The molecule has 1 saturated heterocycles. The minimum Gasteiger partial charge on any atom is -0.479 e. The van der Waals surface area contributed by atoms with Crippen LogP contribution in [0.25, 0.3) is 0 Å². The van der Waals surface area contributed by atoms with Gasteiger partial charge in [0.1, 0.15) is 0 Å². The second kappa shape index (κ2) is 7.52. The normalized spacial score (nSPS) is 17.4. The summed E-state index contributed by atoms with van der Waals surface area (Å²) in [6.07, 6.45) is 3.58. The zero-order chi connectivity index (χ0) is 14.4. The van der Waals surface area contributed by atoms with Gasteiger partial charge in [-0.15, -0.1) is 0 Å². The summed E-state index contributed by atoms with van der Waals surface area (Å²) in [4.78, 5) is 6.03. The van der Waals surface area contributed by atoms with E-state index in [2.05, 4.69) is 9.88 Å². The number of likely N-dealkylation sites (tertiary alicyclic amines) is 1. The first-order valence-corrected chi connectivity index (χ1v) is 6.86. The SMILES string of the molecule is COc1nccc(CN2CCC(OCCO)CC2)c1F. The highest BCUT2D eigenvalue weighted by atomic mass is 19.1. The van der Waals surface area contributed by atoms with E-state index in [9.17, 15) is 4.39 Å². The third kappa shape index (κ3) is 3.88. The predicted octanol–water partition coefficient (Wildman–Crippen LogP) is 1.20. The monoisotopic (exact) mass is 284 g/mol. The first kappa shape index (κ1) is 15.2. The average Bonchev–Trinajstić information content (AvgIpc) is 2.48. The van der Waals surface area contributed by atoms with Crippen molar-refractivity contribution in [3.8, 4) is 5.88 Å². The van der Waals surface area contributed by atoms with Crippen LogP contribution in [-0.4, -0.2) is 54.5 Å². The van der Waals surface area contributed by atoms with E-state index in [4.69, 9.17) is 14.6 Å². The molecule has 5 nitrogen and oxygen atoms in total. The molecule has 6 heteroatoms. The number of ether oxygens (including phenoxy) is 2. The molecule has 0 unspecified atom stereocenters. The number of aliphatic hydroxyl groups is 1. The summed E-state index contributed by atoms with van der Waals surface area (Å²) in [6, 6.07) is 1.69. The molecule has 112 valence electrons. The predicted molar refractivity (Wildman–Crippen MR) is 72.1 cm³/mol. The maximum absolute atomic E-state index is 14.0. The largest absolute Gasteiger partial charge is 0.479 e. The Balaban J connectivity index is 1.86. The lowest BCUT2D eigenvalue weighted by Gasteiger charge is -2.31. The Bertz CT molecular complexity index is 423. The van der Waals surface area contributed by atoms with Gasteiger partial charge in [0.2, 0.25) is 5.88 Å². The van der Waals surface area contributed by atoms with E-state index in [1.165, 1.54) is 7.11 Å². The molecule has 0 spiro atoms. The van der Waals surface area contributed by atoms with Gasteiger partial charge in [0, 0.05) is 31.4 Å². The van der Waals surface area contributed by atoms with Crippen molar-refractivity contribution in [3.05, 3.63) is 23.6 Å². The van der Waals surface area contributed by atoms with Crippen molar-refractivity contribution in [3.63, 3.8) is 0 Å². The number of aliphatic hydroxyl groups excluding tert-OH is 1. The molecule has 1 aromatic heterocycles. The van der Waals surface area contributed by atoms with Crippen LogP contribution in [0.1, 0.15) is 18.4 Å². The van der Waals surface area contributed by atoms with Gasteiger partial charge in [-0.25, -0.2) is 9.37 Å². The number of nitrogens with zero attached hydrogens (tertiary/aromatic N) is 2. The molecular formula is C14H21FN2O3. The van der Waals surface area contributed by atoms with E-state index in [0.717, 1.165) is 25.9 Å². The lowest BCUT2D eigenvalue weighted by molar-refractivity contribution is -0.00917. The Hall–Kier alpha value is -1.24. The Morgan fingerprint density at radius 3 is 2.85 bits per heavy atom. The average molecular weight is 284 g/mol. The third-order valence-corrected chi connectivity index (χ3v) is 3.50. The highest BCUT2D eigenvalue weighted by Crippen LogP contribution is 2.21. The summed E-state index contributed by atoms with van der Waals surface area (Å²) in [7, 11) is 1.42. The van der Waals surface area contributed by atoms with Crippen LogP contribution < -0.4 is 4.74 Å². The Morgan fingerprint density at radius 2 is 2.20 bits per heavy atom. The molecule has 0 bridgehead atoms.